The van der Waals surface area contributed by atoms with Gasteiger partial charge in [0.2, 0.25) is 5.76 Å². The maximum atomic E-state index is 10.9. The van der Waals surface area contributed by atoms with Crippen molar-refractivity contribution in [3.8, 4) is 17.3 Å². The molecule has 33 heavy (non-hydrogen) atoms. The van der Waals surface area contributed by atoms with Crippen LogP contribution in [-0.2, 0) is 0 Å². The molecular weight excluding hydrogens is 422 g/mol. The summed E-state index contributed by atoms with van der Waals surface area (Å²) in [6.45, 7) is 5.92. The molecule has 1 fully saturated rings. The SMILES string of the molecule is CC(C)c1ccc2nc(-c3ccc(N4CCC(Oc5cc(C(=O)O)on5)CC4)nc3)[nH]c2c1. The molecule has 3 aromatic heterocycles. The Kier molecular flexibility index (Phi) is 5.45. The number of H-pyrrole nitrogens is 1. The van der Waals surface area contributed by atoms with Crippen molar-refractivity contribution in [3.05, 3.63) is 53.9 Å². The number of ether oxygens (including phenoxy) is 1. The molecule has 0 amide bonds. The van der Waals surface area contributed by atoms with Gasteiger partial charge in [0.25, 0.3) is 5.88 Å². The standard InChI is InChI=1S/C24H25N5O4/c1-14(2)15-3-5-18-19(11-15)27-23(26-18)16-4-6-21(25-13-16)29-9-7-17(8-10-29)32-22-12-20(24(30)31)33-28-22/h3-6,11-14,17H,7-10H2,1-2H3,(H,26,27)(H,30,31). The molecule has 2 N–H and O–H groups in total. The van der Waals surface area contributed by atoms with Crippen LogP contribution in [0.2, 0.25) is 0 Å². The third kappa shape index (κ3) is 4.39. The summed E-state index contributed by atoms with van der Waals surface area (Å²) in [6.07, 6.45) is 3.36. The van der Waals surface area contributed by atoms with Gasteiger partial charge in [0.05, 0.1) is 17.1 Å². The molecule has 0 bridgehead atoms. The second-order valence-electron chi connectivity index (χ2n) is 8.56. The van der Waals surface area contributed by atoms with Crippen LogP contribution in [0.3, 0.4) is 0 Å². The summed E-state index contributed by atoms with van der Waals surface area (Å²) in [4.78, 5) is 25.9. The number of piperidine rings is 1. The molecule has 1 aromatic carbocycles. The molecule has 0 saturated carbocycles. The largest absolute Gasteiger partial charge is 0.475 e. The highest BCUT2D eigenvalue weighted by Gasteiger charge is 2.23. The molecule has 5 rings (SSSR count). The summed E-state index contributed by atoms with van der Waals surface area (Å²) in [5, 5.41) is 12.6. The molecule has 1 saturated heterocycles. The maximum Gasteiger partial charge on any atom is 0.374 e. The van der Waals surface area contributed by atoms with Crippen LogP contribution in [0, 0.1) is 0 Å². The molecule has 4 aromatic rings. The highest BCUT2D eigenvalue weighted by Crippen LogP contribution is 2.26. The van der Waals surface area contributed by atoms with E-state index in [0.717, 1.165) is 54.2 Å². The van der Waals surface area contributed by atoms with Gasteiger partial charge in [-0.3, -0.25) is 0 Å². The predicted molar refractivity (Wildman–Crippen MR) is 123 cm³/mol. The van der Waals surface area contributed by atoms with Crippen molar-refractivity contribution in [3.63, 3.8) is 0 Å². The van der Waals surface area contributed by atoms with E-state index < -0.39 is 5.97 Å². The van der Waals surface area contributed by atoms with Crippen LogP contribution in [0.5, 0.6) is 5.88 Å². The number of carboxylic acid groups (broad SMARTS) is 1. The van der Waals surface area contributed by atoms with Gasteiger partial charge < -0.3 is 24.3 Å². The van der Waals surface area contributed by atoms with Gasteiger partial charge in [0.15, 0.2) is 0 Å². The van der Waals surface area contributed by atoms with Crippen molar-refractivity contribution in [1.29, 1.82) is 0 Å². The number of carboxylic acids is 1. The second kappa shape index (κ2) is 8.57. The van der Waals surface area contributed by atoms with E-state index in [1.54, 1.807) is 0 Å². The summed E-state index contributed by atoms with van der Waals surface area (Å²) in [7, 11) is 0. The first-order chi connectivity index (χ1) is 16.0. The number of aromatic amines is 1. The second-order valence-corrected chi connectivity index (χ2v) is 8.56. The number of hydrogen-bond donors (Lipinski definition) is 2. The van der Waals surface area contributed by atoms with E-state index in [0.29, 0.717) is 5.92 Å². The highest BCUT2D eigenvalue weighted by molar-refractivity contribution is 5.84. The van der Waals surface area contributed by atoms with Gasteiger partial charge in [-0.25, -0.2) is 14.8 Å². The smallest absolute Gasteiger partial charge is 0.374 e. The number of hydrogen-bond acceptors (Lipinski definition) is 7. The number of fused-ring (bicyclic) bond motifs is 1. The van der Waals surface area contributed by atoms with Gasteiger partial charge in [0, 0.05) is 37.7 Å². The van der Waals surface area contributed by atoms with Gasteiger partial charge in [-0.2, -0.15) is 0 Å². The maximum absolute atomic E-state index is 10.9. The molecule has 0 spiro atoms. The third-order valence-electron chi connectivity index (χ3n) is 5.95. The minimum absolute atomic E-state index is 0.0430. The van der Waals surface area contributed by atoms with Crippen LogP contribution in [0.25, 0.3) is 22.4 Å². The van der Waals surface area contributed by atoms with E-state index >= 15 is 0 Å². The Morgan fingerprint density at radius 2 is 2.03 bits per heavy atom. The molecule has 0 unspecified atom stereocenters. The number of aromatic nitrogens is 4. The fourth-order valence-corrected chi connectivity index (χ4v) is 4.03. The average molecular weight is 447 g/mol. The summed E-state index contributed by atoms with van der Waals surface area (Å²) in [5.74, 6) is 1.01. The van der Waals surface area contributed by atoms with Crippen molar-refractivity contribution < 1.29 is 19.2 Å². The fourth-order valence-electron chi connectivity index (χ4n) is 4.03. The van der Waals surface area contributed by atoms with Gasteiger partial charge in [-0.1, -0.05) is 19.9 Å². The Morgan fingerprint density at radius 1 is 1.21 bits per heavy atom. The molecule has 170 valence electrons. The Hall–Kier alpha value is -3.88. The summed E-state index contributed by atoms with van der Waals surface area (Å²) >= 11 is 0. The third-order valence-corrected chi connectivity index (χ3v) is 5.95. The number of pyridine rings is 1. The van der Waals surface area contributed by atoms with Crippen LogP contribution in [0.15, 0.2) is 47.1 Å². The van der Waals surface area contributed by atoms with Crippen molar-refractivity contribution in [1.82, 2.24) is 20.1 Å². The number of carbonyl (C=O) groups is 1. The van der Waals surface area contributed by atoms with Gasteiger partial charge in [0.1, 0.15) is 17.7 Å². The van der Waals surface area contributed by atoms with E-state index in [4.69, 9.17) is 19.4 Å². The van der Waals surface area contributed by atoms with E-state index in [9.17, 15) is 4.79 Å². The average Bonchev–Trinajstić information content (AvgIpc) is 3.46. The van der Waals surface area contributed by atoms with Crippen molar-refractivity contribution >= 4 is 22.8 Å². The number of imidazole rings is 1. The molecule has 9 heteroatoms. The normalized spacial score (nSPS) is 14.8. The minimum atomic E-state index is -1.16. The summed E-state index contributed by atoms with van der Waals surface area (Å²) in [5.41, 5.74) is 4.21. The molecule has 0 radical (unpaired) electrons. The van der Waals surface area contributed by atoms with E-state index in [-0.39, 0.29) is 17.7 Å². The van der Waals surface area contributed by atoms with E-state index in [2.05, 4.69) is 52.1 Å². The number of nitrogens with zero attached hydrogens (tertiary/aromatic N) is 4. The lowest BCUT2D eigenvalue weighted by Crippen LogP contribution is -2.38. The van der Waals surface area contributed by atoms with Crippen molar-refractivity contribution in [2.45, 2.75) is 38.7 Å². The van der Waals surface area contributed by atoms with Gasteiger partial charge in [-0.15, -0.1) is 0 Å². The van der Waals surface area contributed by atoms with Crippen LogP contribution in [-0.4, -0.2) is 50.4 Å². The fraction of sp³-hybridized carbons (Fsp3) is 0.333. The van der Waals surface area contributed by atoms with Crippen LogP contribution in [0.4, 0.5) is 5.82 Å². The molecule has 0 aliphatic carbocycles. The lowest BCUT2D eigenvalue weighted by Gasteiger charge is -2.32. The van der Waals surface area contributed by atoms with Crippen molar-refractivity contribution in [2.75, 3.05) is 18.0 Å². The number of benzene rings is 1. The van der Waals surface area contributed by atoms with Gasteiger partial charge >= 0.3 is 5.97 Å². The quantitative estimate of drug-likeness (QED) is 0.444. The molecular formula is C24H25N5O4. The van der Waals surface area contributed by atoms with Crippen molar-refractivity contribution in [2.24, 2.45) is 0 Å². The van der Waals surface area contributed by atoms with E-state index in [1.165, 1.54) is 11.6 Å². The first kappa shape index (κ1) is 21.0. The Labute approximate surface area is 190 Å². The molecule has 1 aliphatic heterocycles. The van der Waals surface area contributed by atoms with Crippen LogP contribution >= 0.6 is 0 Å². The number of rotatable bonds is 6. The lowest BCUT2D eigenvalue weighted by atomic mass is 10.0. The number of aromatic carboxylic acids is 1. The van der Waals surface area contributed by atoms with E-state index in [1.807, 2.05) is 18.3 Å². The zero-order valence-electron chi connectivity index (χ0n) is 18.5. The Morgan fingerprint density at radius 3 is 2.70 bits per heavy atom. The topological polar surface area (TPSA) is 117 Å². The molecule has 0 atom stereocenters. The zero-order chi connectivity index (χ0) is 22.9. The number of anilines is 1. The summed E-state index contributed by atoms with van der Waals surface area (Å²) in [6, 6.07) is 11.7. The minimum Gasteiger partial charge on any atom is -0.475 e. The zero-order valence-corrected chi connectivity index (χ0v) is 18.5. The Balaban J connectivity index is 1.22. The molecule has 9 nitrogen and oxygen atoms in total. The molecule has 1 aliphatic rings. The highest BCUT2D eigenvalue weighted by atomic mass is 16.5. The first-order valence-electron chi connectivity index (χ1n) is 11.0. The number of nitrogens with one attached hydrogen (secondary N) is 1. The Bertz CT molecular complexity index is 1270. The lowest BCUT2D eigenvalue weighted by molar-refractivity contribution is 0.0651. The van der Waals surface area contributed by atoms with Crippen LogP contribution < -0.4 is 9.64 Å². The summed E-state index contributed by atoms with van der Waals surface area (Å²) < 4.78 is 10.5. The molecule has 4 heterocycles. The first-order valence-corrected chi connectivity index (χ1v) is 11.0. The van der Waals surface area contributed by atoms with Crippen LogP contribution in [0.1, 0.15) is 48.7 Å². The van der Waals surface area contributed by atoms with Gasteiger partial charge in [-0.05, 0) is 40.9 Å². The predicted octanol–water partition coefficient (Wildman–Crippen LogP) is 4.48. The monoisotopic (exact) mass is 447 g/mol.